The third-order valence-corrected chi connectivity index (χ3v) is 3.31. The Morgan fingerprint density at radius 2 is 1.89 bits per heavy atom. The summed E-state index contributed by atoms with van der Waals surface area (Å²) in [5, 5.41) is 8.91. The maximum Gasteiger partial charge on any atom is 0.371 e. The normalized spacial score (nSPS) is 14.4. The van der Waals surface area contributed by atoms with Crippen LogP contribution in [-0.2, 0) is 0 Å². The minimum atomic E-state index is -1.05. The lowest BCUT2D eigenvalue weighted by Gasteiger charge is -2.35. The molecule has 2 heterocycles. The summed E-state index contributed by atoms with van der Waals surface area (Å²) in [6, 6.07) is 11.2. The van der Waals surface area contributed by atoms with Crippen LogP contribution in [0.2, 0.25) is 0 Å². The number of fused-ring (bicyclic) bond motifs is 1. The molecule has 1 aromatic carbocycles. The number of rotatable bonds is 2. The van der Waals surface area contributed by atoms with E-state index in [0.717, 1.165) is 24.5 Å². The predicted octanol–water partition coefficient (Wildman–Crippen LogP) is 2.57. The van der Waals surface area contributed by atoms with Crippen LogP contribution < -0.4 is 9.80 Å². The van der Waals surface area contributed by atoms with Gasteiger partial charge in [-0.1, -0.05) is 12.1 Å². The fourth-order valence-electron chi connectivity index (χ4n) is 2.32. The van der Waals surface area contributed by atoms with Crippen molar-refractivity contribution in [2.45, 2.75) is 0 Å². The minimum Gasteiger partial charge on any atom is -0.475 e. The summed E-state index contributed by atoms with van der Waals surface area (Å²) in [7, 11) is 2.04. The molecular formula is C14H14N2O3. The molecule has 19 heavy (non-hydrogen) atoms. The molecular weight excluding hydrogens is 244 g/mol. The maximum absolute atomic E-state index is 10.9. The molecule has 1 aliphatic heterocycles. The van der Waals surface area contributed by atoms with Crippen molar-refractivity contribution in [2.24, 2.45) is 0 Å². The highest BCUT2D eigenvalue weighted by Gasteiger charge is 2.23. The summed E-state index contributed by atoms with van der Waals surface area (Å²) in [4.78, 5) is 15.0. The zero-order chi connectivity index (χ0) is 13.4. The molecule has 0 fully saturated rings. The number of hydrogen-bond acceptors (Lipinski definition) is 4. The average molecular weight is 258 g/mol. The summed E-state index contributed by atoms with van der Waals surface area (Å²) in [6.07, 6.45) is 0. The van der Waals surface area contributed by atoms with E-state index in [2.05, 4.69) is 4.90 Å². The van der Waals surface area contributed by atoms with Crippen LogP contribution >= 0.6 is 0 Å². The van der Waals surface area contributed by atoms with Crippen LogP contribution in [0, 0.1) is 0 Å². The van der Waals surface area contributed by atoms with Gasteiger partial charge < -0.3 is 19.3 Å². The van der Waals surface area contributed by atoms with Crippen molar-refractivity contribution in [3.05, 3.63) is 42.2 Å². The third kappa shape index (κ3) is 1.93. The second-order valence-corrected chi connectivity index (χ2v) is 4.50. The number of anilines is 3. The summed E-state index contributed by atoms with van der Waals surface area (Å²) in [5.41, 5.74) is 2.14. The molecule has 0 saturated carbocycles. The lowest BCUT2D eigenvalue weighted by molar-refractivity contribution is 0.0663. The number of carboxylic acid groups (broad SMARTS) is 1. The number of furan rings is 1. The van der Waals surface area contributed by atoms with Gasteiger partial charge >= 0.3 is 5.97 Å². The Balaban J connectivity index is 2.02. The molecule has 0 amide bonds. The van der Waals surface area contributed by atoms with Crippen molar-refractivity contribution >= 4 is 23.2 Å². The maximum atomic E-state index is 10.9. The Kier molecular flexibility index (Phi) is 2.67. The number of carbonyl (C=O) groups is 1. The lowest BCUT2D eigenvalue weighted by atomic mass is 10.2. The molecule has 5 nitrogen and oxygen atoms in total. The molecule has 0 saturated heterocycles. The molecule has 0 bridgehead atoms. The standard InChI is InChI=1S/C14H14N2O3/c1-15-8-9-16(11-5-3-2-4-10(11)15)13-7-6-12(19-13)14(17)18/h2-7H,8-9H2,1H3,(H,17,18). The molecule has 3 rings (SSSR count). The first-order valence-electron chi connectivity index (χ1n) is 6.07. The predicted molar refractivity (Wildman–Crippen MR) is 72.4 cm³/mol. The second kappa shape index (κ2) is 4.35. The first kappa shape index (κ1) is 11.6. The van der Waals surface area contributed by atoms with Crippen molar-refractivity contribution < 1.29 is 14.3 Å². The van der Waals surface area contributed by atoms with Gasteiger partial charge in [0.2, 0.25) is 11.6 Å². The molecule has 0 spiro atoms. The first-order chi connectivity index (χ1) is 9.16. The average Bonchev–Trinajstić information content (AvgIpc) is 2.89. The van der Waals surface area contributed by atoms with Gasteiger partial charge in [0, 0.05) is 26.2 Å². The Morgan fingerprint density at radius 3 is 2.58 bits per heavy atom. The van der Waals surface area contributed by atoms with Crippen molar-refractivity contribution in [1.82, 2.24) is 0 Å². The van der Waals surface area contributed by atoms with Crippen molar-refractivity contribution in [2.75, 3.05) is 29.9 Å². The Bertz CT molecular complexity index is 621. The van der Waals surface area contributed by atoms with Gasteiger partial charge in [0.25, 0.3) is 0 Å². The van der Waals surface area contributed by atoms with Crippen LogP contribution in [0.1, 0.15) is 10.6 Å². The zero-order valence-electron chi connectivity index (χ0n) is 10.5. The number of benzene rings is 1. The molecule has 1 aromatic heterocycles. The van der Waals surface area contributed by atoms with E-state index in [1.54, 1.807) is 6.07 Å². The van der Waals surface area contributed by atoms with Crippen LogP contribution in [0.5, 0.6) is 0 Å². The monoisotopic (exact) mass is 258 g/mol. The quantitative estimate of drug-likeness (QED) is 0.897. The molecule has 1 aliphatic rings. The highest BCUT2D eigenvalue weighted by molar-refractivity contribution is 5.85. The Labute approximate surface area is 110 Å². The van der Waals surface area contributed by atoms with Crippen molar-refractivity contribution in [1.29, 1.82) is 0 Å². The number of hydrogen-bond donors (Lipinski definition) is 1. The number of para-hydroxylation sites is 2. The number of nitrogens with zero attached hydrogens (tertiary/aromatic N) is 2. The van der Waals surface area contributed by atoms with E-state index >= 15 is 0 Å². The zero-order valence-corrected chi connectivity index (χ0v) is 10.5. The van der Waals surface area contributed by atoms with E-state index in [4.69, 9.17) is 9.52 Å². The van der Waals surface area contributed by atoms with E-state index in [0.29, 0.717) is 5.88 Å². The fraction of sp³-hybridized carbons (Fsp3) is 0.214. The van der Waals surface area contributed by atoms with Gasteiger partial charge in [-0.05, 0) is 18.2 Å². The highest BCUT2D eigenvalue weighted by atomic mass is 16.4. The molecule has 1 N–H and O–H groups in total. The van der Waals surface area contributed by atoms with E-state index < -0.39 is 5.97 Å². The van der Waals surface area contributed by atoms with Gasteiger partial charge in [0.15, 0.2) is 0 Å². The lowest BCUT2D eigenvalue weighted by Crippen LogP contribution is -2.36. The van der Waals surface area contributed by atoms with Crippen molar-refractivity contribution in [3.8, 4) is 0 Å². The summed E-state index contributed by atoms with van der Waals surface area (Å²) in [6.45, 7) is 1.63. The van der Waals surface area contributed by atoms with Crippen LogP contribution in [-0.4, -0.2) is 31.2 Å². The van der Waals surface area contributed by atoms with E-state index in [1.807, 2.05) is 36.2 Å². The molecule has 0 atom stereocenters. The molecule has 0 unspecified atom stereocenters. The number of likely N-dealkylation sites (N-methyl/N-ethyl adjacent to an activating group) is 1. The Hall–Kier alpha value is -2.43. The fourth-order valence-corrected chi connectivity index (χ4v) is 2.32. The van der Waals surface area contributed by atoms with Crippen LogP contribution in [0.25, 0.3) is 0 Å². The molecule has 0 radical (unpaired) electrons. The summed E-state index contributed by atoms with van der Waals surface area (Å²) >= 11 is 0. The summed E-state index contributed by atoms with van der Waals surface area (Å²) in [5.74, 6) is -0.516. The second-order valence-electron chi connectivity index (χ2n) is 4.50. The molecule has 5 heteroatoms. The topological polar surface area (TPSA) is 56.9 Å². The molecule has 0 aliphatic carbocycles. The van der Waals surface area contributed by atoms with Gasteiger partial charge in [-0.25, -0.2) is 4.79 Å². The van der Waals surface area contributed by atoms with Crippen LogP contribution in [0.3, 0.4) is 0 Å². The van der Waals surface area contributed by atoms with Gasteiger partial charge in [-0.15, -0.1) is 0 Å². The highest BCUT2D eigenvalue weighted by Crippen LogP contribution is 2.37. The smallest absolute Gasteiger partial charge is 0.371 e. The SMILES string of the molecule is CN1CCN(c2ccc(C(=O)O)o2)c2ccccc21. The molecule has 2 aromatic rings. The van der Waals surface area contributed by atoms with Crippen molar-refractivity contribution in [3.63, 3.8) is 0 Å². The number of aromatic carboxylic acids is 1. The minimum absolute atomic E-state index is 0.0357. The first-order valence-corrected chi connectivity index (χ1v) is 6.07. The molecule has 98 valence electrons. The van der Waals surface area contributed by atoms with Gasteiger partial charge in [-0.3, -0.25) is 0 Å². The van der Waals surface area contributed by atoms with E-state index in [1.165, 1.54) is 6.07 Å². The third-order valence-electron chi connectivity index (χ3n) is 3.31. The van der Waals surface area contributed by atoms with Gasteiger partial charge in [0.05, 0.1) is 11.4 Å². The number of carboxylic acids is 1. The Morgan fingerprint density at radius 1 is 1.16 bits per heavy atom. The van der Waals surface area contributed by atoms with Crippen LogP contribution in [0.4, 0.5) is 17.3 Å². The van der Waals surface area contributed by atoms with E-state index in [-0.39, 0.29) is 5.76 Å². The summed E-state index contributed by atoms with van der Waals surface area (Å²) < 4.78 is 5.38. The van der Waals surface area contributed by atoms with Gasteiger partial charge in [-0.2, -0.15) is 0 Å². The van der Waals surface area contributed by atoms with Gasteiger partial charge in [0.1, 0.15) is 0 Å². The van der Waals surface area contributed by atoms with E-state index in [9.17, 15) is 4.79 Å². The van der Waals surface area contributed by atoms with Crippen LogP contribution in [0.15, 0.2) is 40.8 Å². The largest absolute Gasteiger partial charge is 0.475 e.